The second-order valence-electron chi connectivity index (χ2n) is 8.49. The summed E-state index contributed by atoms with van der Waals surface area (Å²) in [6.45, 7) is 1.48. The van der Waals surface area contributed by atoms with Crippen molar-refractivity contribution in [2.24, 2.45) is 5.41 Å². The number of nitrogens with one attached hydrogen (secondary N) is 1. The van der Waals surface area contributed by atoms with Crippen LogP contribution in [0.1, 0.15) is 24.4 Å². The number of carbonyl (C=O) groups excluding carboxylic acids is 2. The van der Waals surface area contributed by atoms with Crippen LogP contribution in [0.2, 0.25) is 0 Å². The number of halogens is 1. The van der Waals surface area contributed by atoms with Crippen LogP contribution < -0.4 is 10.2 Å². The summed E-state index contributed by atoms with van der Waals surface area (Å²) in [5.74, 6) is -0.403. The number of amides is 2. The molecule has 1 spiro atoms. The van der Waals surface area contributed by atoms with E-state index in [0.717, 1.165) is 31.6 Å². The third kappa shape index (κ3) is 4.21. The molecule has 1 unspecified atom stereocenters. The largest absolute Gasteiger partial charge is 0.444 e. The first-order valence-electron chi connectivity index (χ1n) is 10.6. The molecule has 3 heterocycles. The molecule has 1 saturated carbocycles. The SMILES string of the molecule is O=C(NC1CC2(COC2)C1)C(c1cncnc1)N(C(=O)CCl)c1ccc(-c2cnco2)cc1. The van der Waals surface area contributed by atoms with E-state index in [4.69, 9.17) is 20.8 Å². The van der Waals surface area contributed by atoms with Gasteiger partial charge in [0.25, 0.3) is 0 Å². The lowest BCUT2D eigenvalue weighted by atomic mass is 9.64. The van der Waals surface area contributed by atoms with Crippen molar-refractivity contribution in [2.45, 2.75) is 24.9 Å². The van der Waals surface area contributed by atoms with E-state index in [0.29, 0.717) is 17.0 Å². The lowest BCUT2D eigenvalue weighted by molar-refractivity contribution is -0.169. The summed E-state index contributed by atoms with van der Waals surface area (Å²) in [6.07, 6.45) is 9.14. The van der Waals surface area contributed by atoms with Gasteiger partial charge in [0.05, 0.1) is 19.4 Å². The Labute approximate surface area is 195 Å². The van der Waals surface area contributed by atoms with E-state index in [1.165, 1.54) is 30.0 Å². The van der Waals surface area contributed by atoms with Gasteiger partial charge in [-0.3, -0.25) is 14.5 Å². The van der Waals surface area contributed by atoms with Gasteiger partial charge in [0.2, 0.25) is 11.8 Å². The lowest BCUT2D eigenvalue weighted by Crippen LogP contribution is -2.60. The van der Waals surface area contributed by atoms with E-state index in [2.05, 4.69) is 20.3 Å². The Morgan fingerprint density at radius 2 is 1.85 bits per heavy atom. The molecule has 9 nitrogen and oxygen atoms in total. The molecule has 3 aromatic rings. The highest BCUT2D eigenvalue weighted by Crippen LogP contribution is 2.47. The second kappa shape index (κ2) is 8.92. The van der Waals surface area contributed by atoms with Gasteiger partial charge in [-0.1, -0.05) is 0 Å². The molecule has 33 heavy (non-hydrogen) atoms. The van der Waals surface area contributed by atoms with E-state index >= 15 is 0 Å². The highest BCUT2D eigenvalue weighted by atomic mass is 35.5. The minimum Gasteiger partial charge on any atom is -0.444 e. The zero-order valence-corrected chi connectivity index (χ0v) is 18.4. The van der Waals surface area contributed by atoms with Gasteiger partial charge < -0.3 is 14.5 Å². The first-order valence-corrected chi connectivity index (χ1v) is 11.1. The molecule has 1 aliphatic heterocycles. The van der Waals surface area contributed by atoms with Gasteiger partial charge in [-0.15, -0.1) is 11.6 Å². The number of hydrogen-bond donors (Lipinski definition) is 1. The molecule has 2 aliphatic rings. The predicted molar refractivity (Wildman–Crippen MR) is 119 cm³/mol. The number of oxazole rings is 1. The van der Waals surface area contributed by atoms with Crippen molar-refractivity contribution < 1.29 is 18.7 Å². The van der Waals surface area contributed by atoms with E-state index in [9.17, 15) is 9.59 Å². The average Bonchev–Trinajstić information content (AvgIpc) is 3.33. The topological polar surface area (TPSA) is 110 Å². The molecular weight excluding hydrogens is 446 g/mol. The maximum Gasteiger partial charge on any atom is 0.248 e. The molecule has 170 valence electrons. The number of aromatic nitrogens is 3. The Hall–Kier alpha value is -3.30. The van der Waals surface area contributed by atoms with Crippen molar-refractivity contribution >= 4 is 29.1 Å². The number of nitrogens with zero attached hydrogens (tertiary/aromatic N) is 4. The quantitative estimate of drug-likeness (QED) is 0.532. The van der Waals surface area contributed by atoms with Crippen molar-refractivity contribution in [1.82, 2.24) is 20.3 Å². The molecule has 0 radical (unpaired) electrons. The number of anilines is 1. The molecular formula is C23H22ClN5O4. The summed E-state index contributed by atoms with van der Waals surface area (Å²) in [5, 5.41) is 3.09. The predicted octanol–water partition coefficient (Wildman–Crippen LogP) is 2.74. The monoisotopic (exact) mass is 467 g/mol. The Balaban J connectivity index is 1.44. The van der Waals surface area contributed by atoms with Crippen molar-refractivity contribution in [3.05, 3.63) is 61.1 Å². The Morgan fingerprint density at radius 3 is 2.42 bits per heavy atom. The summed E-state index contributed by atoms with van der Waals surface area (Å²) in [4.78, 5) is 39.9. The van der Waals surface area contributed by atoms with Crippen LogP contribution in [-0.4, -0.2) is 51.9 Å². The van der Waals surface area contributed by atoms with Crippen LogP contribution in [0.25, 0.3) is 11.3 Å². The van der Waals surface area contributed by atoms with Crippen LogP contribution in [0.5, 0.6) is 0 Å². The highest BCUT2D eigenvalue weighted by molar-refractivity contribution is 6.29. The van der Waals surface area contributed by atoms with Gasteiger partial charge in [-0.2, -0.15) is 0 Å². The summed E-state index contributed by atoms with van der Waals surface area (Å²) in [6, 6.07) is 6.16. The van der Waals surface area contributed by atoms with Crippen molar-refractivity contribution in [3.8, 4) is 11.3 Å². The summed E-state index contributed by atoms with van der Waals surface area (Å²) in [5.41, 5.74) is 2.01. The molecule has 1 N–H and O–H groups in total. The van der Waals surface area contributed by atoms with Crippen LogP contribution in [0.3, 0.4) is 0 Å². The minimum atomic E-state index is -0.970. The van der Waals surface area contributed by atoms with E-state index in [1.54, 1.807) is 30.5 Å². The molecule has 1 aromatic carbocycles. The normalized spacial score (nSPS) is 17.6. The third-order valence-corrected chi connectivity index (χ3v) is 6.40. The van der Waals surface area contributed by atoms with Gasteiger partial charge in [0.1, 0.15) is 18.2 Å². The standard InChI is InChI=1S/C23H22ClN5O4/c24-7-20(30)29(18-3-1-15(2-4-18)19-10-27-14-33-19)21(16-8-25-13-26-9-16)22(31)28-17-5-23(6-17)11-32-12-23/h1-4,8-10,13-14,17,21H,5-7,11-12H2,(H,28,31). The Bertz CT molecular complexity index is 1110. The molecule has 1 atom stereocenters. The van der Waals surface area contributed by atoms with Crippen LogP contribution >= 0.6 is 11.6 Å². The average molecular weight is 468 g/mol. The number of alkyl halides is 1. The second-order valence-corrected chi connectivity index (χ2v) is 8.76. The highest BCUT2D eigenvalue weighted by Gasteiger charge is 2.50. The number of hydrogen-bond acceptors (Lipinski definition) is 7. The fourth-order valence-electron chi connectivity index (χ4n) is 4.51. The molecule has 2 fully saturated rings. The fraction of sp³-hybridized carbons (Fsp3) is 0.348. The number of carbonyl (C=O) groups is 2. The number of rotatable bonds is 7. The van der Waals surface area contributed by atoms with Gasteiger partial charge in [0.15, 0.2) is 12.2 Å². The van der Waals surface area contributed by atoms with Crippen LogP contribution in [0.4, 0.5) is 5.69 Å². The summed E-state index contributed by atoms with van der Waals surface area (Å²) in [7, 11) is 0. The van der Waals surface area contributed by atoms with Gasteiger partial charge in [-0.25, -0.2) is 15.0 Å². The van der Waals surface area contributed by atoms with E-state index in [1.807, 2.05) is 0 Å². The van der Waals surface area contributed by atoms with Crippen LogP contribution in [-0.2, 0) is 14.3 Å². The molecule has 1 aliphatic carbocycles. The number of benzene rings is 1. The van der Waals surface area contributed by atoms with E-state index in [-0.39, 0.29) is 23.2 Å². The van der Waals surface area contributed by atoms with Crippen LogP contribution in [0, 0.1) is 5.41 Å². The number of ether oxygens (including phenoxy) is 1. The fourth-order valence-corrected chi connectivity index (χ4v) is 4.64. The molecule has 5 rings (SSSR count). The minimum absolute atomic E-state index is 0.0373. The lowest BCUT2D eigenvalue weighted by Gasteiger charge is -2.53. The first-order chi connectivity index (χ1) is 16.1. The molecule has 2 aromatic heterocycles. The van der Waals surface area contributed by atoms with E-state index < -0.39 is 11.9 Å². The van der Waals surface area contributed by atoms with Crippen molar-refractivity contribution in [1.29, 1.82) is 0 Å². The summed E-state index contributed by atoms with van der Waals surface area (Å²) >= 11 is 5.96. The van der Waals surface area contributed by atoms with Crippen molar-refractivity contribution in [3.63, 3.8) is 0 Å². The molecule has 0 bridgehead atoms. The Morgan fingerprint density at radius 1 is 1.12 bits per heavy atom. The smallest absolute Gasteiger partial charge is 0.248 e. The molecule has 1 saturated heterocycles. The summed E-state index contributed by atoms with van der Waals surface area (Å²) < 4.78 is 10.7. The van der Waals surface area contributed by atoms with Gasteiger partial charge in [0, 0.05) is 40.7 Å². The first kappa shape index (κ1) is 21.5. The third-order valence-electron chi connectivity index (χ3n) is 6.17. The zero-order chi connectivity index (χ0) is 22.8. The van der Waals surface area contributed by atoms with Gasteiger partial charge >= 0.3 is 0 Å². The zero-order valence-electron chi connectivity index (χ0n) is 17.7. The molecule has 10 heteroatoms. The molecule has 2 amide bonds. The maximum absolute atomic E-state index is 13.5. The maximum atomic E-state index is 13.5. The van der Waals surface area contributed by atoms with Crippen LogP contribution in [0.15, 0.2) is 60.0 Å². The van der Waals surface area contributed by atoms with Crippen molar-refractivity contribution in [2.75, 3.05) is 24.0 Å². The van der Waals surface area contributed by atoms with Gasteiger partial charge in [-0.05, 0) is 37.1 Å². The Kier molecular flexibility index (Phi) is 5.82.